The molecule has 0 unspecified atom stereocenters. The third-order valence-electron chi connectivity index (χ3n) is 3.30. The minimum absolute atomic E-state index is 0.482. The quantitative estimate of drug-likeness (QED) is 0.707. The zero-order valence-corrected chi connectivity index (χ0v) is 10.5. The van der Waals surface area contributed by atoms with Gasteiger partial charge in [-0.3, -0.25) is 0 Å². The van der Waals surface area contributed by atoms with Gasteiger partial charge in [0.25, 0.3) is 0 Å². The molecule has 0 heterocycles. The molecule has 1 aromatic rings. The molecule has 1 heteroatoms. The van der Waals surface area contributed by atoms with Crippen molar-refractivity contribution in [3.63, 3.8) is 0 Å². The third kappa shape index (κ3) is 1.75. The summed E-state index contributed by atoms with van der Waals surface area (Å²) >= 11 is 3.62. The van der Waals surface area contributed by atoms with E-state index < -0.39 is 0 Å². The molecule has 0 saturated heterocycles. The van der Waals surface area contributed by atoms with Crippen molar-refractivity contribution >= 4 is 15.9 Å². The molecule has 0 radical (unpaired) electrons. The molecular weight excluding hydrogens is 236 g/mol. The van der Waals surface area contributed by atoms with Crippen LogP contribution in [0.25, 0.3) is 0 Å². The Balaban J connectivity index is 2.22. The first-order chi connectivity index (χ1) is 6.68. The molecule has 0 nitrogen and oxygen atoms in total. The minimum atomic E-state index is 0.482. The highest BCUT2D eigenvalue weighted by Crippen LogP contribution is 2.49. The molecular formula is C13H17Br. The van der Waals surface area contributed by atoms with Crippen molar-refractivity contribution in [2.45, 2.75) is 38.0 Å². The maximum atomic E-state index is 3.62. The van der Waals surface area contributed by atoms with Crippen LogP contribution in [0.4, 0.5) is 0 Å². The average Bonchev–Trinajstić information content (AvgIpc) is 2.99. The summed E-state index contributed by atoms with van der Waals surface area (Å²) in [6.45, 7) is 4.48. The first kappa shape index (κ1) is 10.2. The van der Waals surface area contributed by atoms with E-state index in [2.05, 4.69) is 54.0 Å². The van der Waals surface area contributed by atoms with E-state index in [1.807, 2.05) is 0 Å². The highest BCUT2D eigenvalue weighted by atomic mass is 79.9. The summed E-state index contributed by atoms with van der Waals surface area (Å²) in [4.78, 5) is 0. The van der Waals surface area contributed by atoms with Gasteiger partial charge in [-0.2, -0.15) is 0 Å². The monoisotopic (exact) mass is 252 g/mol. The van der Waals surface area contributed by atoms with Gasteiger partial charge in [-0.1, -0.05) is 54.0 Å². The molecule has 0 aromatic heterocycles. The molecule has 1 saturated carbocycles. The van der Waals surface area contributed by atoms with Crippen LogP contribution in [-0.4, -0.2) is 5.33 Å². The second-order valence-corrected chi connectivity index (χ2v) is 5.25. The lowest BCUT2D eigenvalue weighted by Gasteiger charge is -2.13. The van der Waals surface area contributed by atoms with Crippen molar-refractivity contribution < 1.29 is 0 Å². The number of benzene rings is 1. The van der Waals surface area contributed by atoms with Crippen LogP contribution in [0, 0.1) is 0 Å². The maximum Gasteiger partial charge on any atom is 0.0129 e. The van der Waals surface area contributed by atoms with Crippen molar-refractivity contribution in [1.29, 1.82) is 0 Å². The van der Waals surface area contributed by atoms with Gasteiger partial charge in [0, 0.05) is 10.7 Å². The molecule has 1 aromatic carbocycles. The van der Waals surface area contributed by atoms with Gasteiger partial charge in [-0.05, 0) is 29.9 Å². The van der Waals surface area contributed by atoms with Crippen molar-refractivity contribution in [3.8, 4) is 0 Å². The Morgan fingerprint density at radius 1 is 1.21 bits per heavy atom. The van der Waals surface area contributed by atoms with E-state index in [1.54, 1.807) is 0 Å². The fourth-order valence-corrected chi connectivity index (χ4v) is 2.76. The number of hydrogen-bond acceptors (Lipinski definition) is 0. The van der Waals surface area contributed by atoms with E-state index in [9.17, 15) is 0 Å². The van der Waals surface area contributed by atoms with E-state index >= 15 is 0 Å². The van der Waals surface area contributed by atoms with Gasteiger partial charge in [-0.25, -0.2) is 0 Å². The van der Waals surface area contributed by atoms with Gasteiger partial charge >= 0.3 is 0 Å². The van der Waals surface area contributed by atoms with Crippen LogP contribution in [0.1, 0.15) is 43.7 Å². The molecule has 76 valence electrons. The molecule has 0 atom stereocenters. The van der Waals surface area contributed by atoms with Crippen LogP contribution >= 0.6 is 15.9 Å². The Hall–Kier alpha value is -0.300. The van der Waals surface area contributed by atoms with E-state index in [1.165, 1.54) is 24.0 Å². The zero-order chi connectivity index (χ0) is 10.2. The topological polar surface area (TPSA) is 0 Å². The summed E-state index contributed by atoms with van der Waals surface area (Å²) in [6, 6.07) is 9.18. The van der Waals surface area contributed by atoms with E-state index in [4.69, 9.17) is 0 Å². The summed E-state index contributed by atoms with van der Waals surface area (Å²) in [7, 11) is 0. The SMILES string of the molecule is CC(C)c1ccc(C2(CBr)CC2)cc1. The summed E-state index contributed by atoms with van der Waals surface area (Å²) in [5.41, 5.74) is 3.44. The normalized spacial score (nSPS) is 18.6. The van der Waals surface area contributed by atoms with Gasteiger partial charge in [0.2, 0.25) is 0 Å². The van der Waals surface area contributed by atoms with Crippen LogP contribution in [0.3, 0.4) is 0 Å². The molecule has 1 aliphatic carbocycles. The molecule has 0 aliphatic heterocycles. The summed E-state index contributed by atoms with van der Waals surface area (Å²) < 4.78 is 0. The molecule has 0 bridgehead atoms. The summed E-state index contributed by atoms with van der Waals surface area (Å²) in [6.07, 6.45) is 2.69. The van der Waals surface area contributed by atoms with Crippen molar-refractivity contribution in [2.75, 3.05) is 5.33 Å². The second-order valence-electron chi connectivity index (χ2n) is 4.69. The van der Waals surface area contributed by atoms with Gasteiger partial charge < -0.3 is 0 Å². The predicted molar refractivity (Wildman–Crippen MR) is 65.2 cm³/mol. The molecule has 0 amide bonds. The fourth-order valence-electron chi connectivity index (χ4n) is 1.87. The van der Waals surface area contributed by atoms with Gasteiger partial charge in [-0.15, -0.1) is 0 Å². The lowest BCUT2D eigenvalue weighted by atomic mass is 9.94. The van der Waals surface area contributed by atoms with E-state index in [0.29, 0.717) is 11.3 Å². The first-order valence-electron chi connectivity index (χ1n) is 5.34. The van der Waals surface area contributed by atoms with Crippen molar-refractivity contribution in [3.05, 3.63) is 35.4 Å². The third-order valence-corrected chi connectivity index (χ3v) is 4.37. The average molecular weight is 253 g/mol. The lowest BCUT2D eigenvalue weighted by Crippen LogP contribution is -2.07. The largest absolute Gasteiger partial charge is 0.0918 e. The van der Waals surface area contributed by atoms with E-state index in [0.717, 1.165) is 5.33 Å². The minimum Gasteiger partial charge on any atom is -0.0918 e. The maximum absolute atomic E-state index is 3.62. The smallest absolute Gasteiger partial charge is 0.0129 e. The zero-order valence-electron chi connectivity index (χ0n) is 8.89. The molecule has 1 fully saturated rings. The standard InChI is InChI=1S/C13H17Br/c1-10(2)11-3-5-12(6-4-11)13(9-14)7-8-13/h3-6,10H,7-9H2,1-2H3. The number of alkyl halides is 1. The highest BCUT2D eigenvalue weighted by Gasteiger charge is 2.42. The molecule has 2 rings (SSSR count). The Labute approximate surface area is 94.8 Å². The number of rotatable bonds is 3. The van der Waals surface area contributed by atoms with Crippen LogP contribution in [0.15, 0.2) is 24.3 Å². The Bertz CT molecular complexity index is 307. The molecule has 0 spiro atoms. The van der Waals surface area contributed by atoms with Gasteiger partial charge in [0.15, 0.2) is 0 Å². The van der Waals surface area contributed by atoms with Gasteiger partial charge in [0.1, 0.15) is 0 Å². The second kappa shape index (κ2) is 3.69. The van der Waals surface area contributed by atoms with E-state index in [-0.39, 0.29) is 0 Å². The van der Waals surface area contributed by atoms with Crippen LogP contribution < -0.4 is 0 Å². The molecule has 1 aliphatic rings. The lowest BCUT2D eigenvalue weighted by molar-refractivity contribution is 0.802. The predicted octanol–water partition coefficient (Wildman–Crippen LogP) is 4.24. The Morgan fingerprint density at radius 2 is 1.79 bits per heavy atom. The molecule has 0 N–H and O–H groups in total. The van der Waals surface area contributed by atoms with Crippen molar-refractivity contribution in [1.82, 2.24) is 0 Å². The van der Waals surface area contributed by atoms with Crippen LogP contribution in [0.5, 0.6) is 0 Å². The first-order valence-corrected chi connectivity index (χ1v) is 6.46. The molecule has 14 heavy (non-hydrogen) atoms. The van der Waals surface area contributed by atoms with Crippen molar-refractivity contribution in [2.24, 2.45) is 0 Å². The Morgan fingerprint density at radius 3 is 2.14 bits per heavy atom. The Kier molecular flexibility index (Phi) is 2.70. The number of hydrogen-bond donors (Lipinski definition) is 0. The summed E-state index contributed by atoms with van der Waals surface area (Å²) in [5.74, 6) is 0.642. The van der Waals surface area contributed by atoms with Crippen LogP contribution in [-0.2, 0) is 5.41 Å². The summed E-state index contributed by atoms with van der Waals surface area (Å²) in [5, 5.41) is 1.11. The van der Waals surface area contributed by atoms with Gasteiger partial charge in [0.05, 0.1) is 0 Å². The highest BCUT2D eigenvalue weighted by molar-refractivity contribution is 9.09. The van der Waals surface area contributed by atoms with Crippen LogP contribution in [0.2, 0.25) is 0 Å². The fraction of sp³-hybridized carbons (Fsp3) is 0.538. The number of halogens is 1.